The molecule has 0 aliphatic carbocycles. The van der Waals surface area contributed by atoms with Gasteiger partial charge < -0.3 is 9.80 Å². The molecule has 24 heavy (non-hydrogen) atoms. The van der Waals surface area contributed by atoms with Crippen molar-refractivity contribution >= 4 is 17.4 Å². The third kappa shape index (κ3) is 4.31. The summed E-state index contributed by atoms with van der Waals surface area (Å²) in [6, 6.07) is 10.0. The molecule has 5 nitrogen and oxygen atoms in total. The summed E-state index contributed by atoms with van der Waals surface area (Å²) in [6.07, 6.45) is 3.52. The molecule has 2 rings (SSSR count). The van der Waals surface area contributed by atoms with Crippen LogP contribution in [0.2, 0.25) is 0 Å². The Morgan fingerprint density at radius 1 is 1.17 bits per heavy atom. The monoisotopic (exact) mass is 326 g/mol. The topological polar surface area (TPSA) is 49.3 Å². The summed E-state index contributed by atoms with van der Waals surface area (Å²) in [5.74, 6) is 0.678. The minimum absolute atomic E-state index is 0.0626. The molecule has 128 valence electrons. The highest BCUT2D eigenvalue weighted by atomic mass is 16.2. The second-order valence-corrected chi connectivity index (χ2v) is 5.92. The van der Waals surface area contributed by atoms with E-state index >= 15 is 0 Å². The number of hydrogen-bond donors (Lipinski definition) is 0. The molecule has 0 atom stereocenters. The molecule has 2 aromatic rings. The van der Waals surface area contributed by atoms with Crippen LogP contribution in [0.3, 0.4) is 0 Å². The zero-order valence-electron chi connectivity index (χ0n) is 15.0. The zero-order chi connectivity index (χ0) is 17.5. The van der Waals surface area contributed by atoms with E-state index in [1.165, 1.54) is 11.9 Å². The molecule has 0 unspecified atom stereocenters. The molecule has 0 fully saturated rings. The first kappa shape index (κ1) is 17.9. The molecule has 1 aromatic heterocycles. The van der Waals surface area contributed by atoms with E-state index in [0.717, 1.165) is 37.4 Å². The maximum atomic E-state index is 12.5. The number of carbonyl (C=O) groups is 1. The van der Waals surface area contributed by atoms with Crippen LogP contribution in [0.25, 0.3) is 0 Å². The van der Waals surface area contributed by atoms with Gasteiger partial charge in [0.2, 0.25) is 0 Å². The van der Waals surface area contributed by atoms with Gasteiger partial charge in [0.25, 0.3) is 5.91 Å². The summed E-state index contributed by atoms with van der Waals surface area (Å²) in [4.78, 5) is 24.9. The second-order valence-electron chi connectivity index (χ2n) is 5.92. The van der Waals surface area contributed by atoms with Crippen LogP contribution in [-0.2, 0) is 0 Å². The van der Waals surface area contributed by atoms with Crippen molar-refractivity contribution in [1.29, 1.82) is 0 Å². The molecule has 0 aliphatic rings. The fourth-order valence-corrected chi connectivity index (χ4v) is 2.58. The number of rotatable bonds is 7. The van der Waals surface area contributed by atoms with Gasteiger partial charge >= 0.3 is 0 Å². The predicted molar refractivity (Wildman–Crippen MR) is 97.8 cm³/mol. The van der Waals surface area contributed by atoms with Gasteiger partial charge in [-0.15, -0.1) is 0 Å². The highest BCUT2D eigenvalue weighted by Crippen LogP contribution is 2.24. The summed E-state index contributed by atoms with van der Waals surface area (Å²) in [6.45, 7) is 7.75. The van der Waals surface area contributed by atoms with Gasteiger partial charge in [-0.2, -0.15) is 0 Å². The van der Waals surface area contributed by atoms with Gasteiger partial charge in [-0.25, -0.2) is 9.97 Å². The summed E-state index contributed by atoms with van der Waals surface area (Å²) < 4.78 is 0. The van der Waals surface area contributed by atoms with Crippen LogP contribution in [0.4, 0.5) is 11.5 Å². The Labute approximate surface area is 144 Å². The SMILES string of the molecule is CCCCN(C)C(=O)c1cc(N(CC)c2cccc(C)c2)ncn1. The molecule has 0 radical (unpaired) electrons. The van der Waals surface area contributed by atoms with E-state index in [9.17, 15) is 4.79 Å². The number of aromatic nitrogens is 2. The fraction of sp³-hybridized carbons (Fsp3) is 0.421. The Kier molecular flexibility index (Phi) is 6.29. The van der Waals surface area contributed by atoms with Crippen LogP contribution in [0.5, 0.6) is 0 Å². The van der Waals surface area contributed by atoms with Gasteiger partial charge in [-0.3, -0.25) is 4.79 Å². The average molecular weight is 326 g/mol. The van der Waals surface area contributed by atoms with E-state index in [1.54, 1.807) is 11.0 Å². The van der Waals surface area contributed by atoms with Crippen LogP contribution in [0, 0.1) is 6.92 Å². The maximum absolute atomic E-state index is 12.5. The van der Waals surface area contributed by atoms with Crippen molar-refractivity contribution in [3.05, 3.63) is 47.9 Å². The van der Waals surface area contributed by atoms with Crippen molar-refractivity contribution in [2.75, 3.05) is 25.0 Å². The highest BCUT2D eigenvalue weighted by Gasteiger charge is 2.16. The van der Waals surface area contributed by atoms with Crippen LogP contribution in [-0.4, -0.2) is 40.9 Å². The Morgan fingerprint density at radius 2 is 1.96 bits per heavy atom. The van der Waals surface area contributed by atoms with Crippen molar-refractivity contribution in [2.24, 2.45) is 0 Å². The normalized spacial score (nSPS) is 10.5. The first-order chi connectivity index (χ1) is 11.6. The van der Waals surface area contributed by atoms with E-state index in [0.29, 0.717) is 5.69 Å². The lowest BCUT2D eigenvalue weighted by Gasteiger charge is -2.23. The second kappa shape index (κ2) is 8.43. The molecule has 5 heteroatoms. The molecular formula is C19H26N4O. The highest BCUT2D eigenvalue weighted by molar-refractivity contribution is 5.92. The number of unbranched alkanes of at least 4 members (excludes halogenated alkanes) is 1. The third-order valence-corrected chi connectivity index (χ3v) is 3.97. The van der Waals surface area contributed by atoms with Gasteiger partial charge in [0, 0.05) is 31.9 Å². The molecule has 0 saturated carbocycles. The lowest BCUT2D eigenvalue weighted by molar-refractivity contribution is 0.0787. The van der Waals surface area contributed by atoms with Crippen molar-refractivity contribution in [2.45, 2.75) is 33.6 Å². The quantitative estimate of drug-likeness (QED) is 0.776. The minimum atomic E-state index is -0.0626. The summed E-state index contributed by atoms with van der Waals surface area (Å²) in [5, 5.41) is 0. The molecule has 1 aromatic carbocycles. The third-order valence-electron chi connectivity index (χ3n) is 3.97. The van der Waals surface area contributed by atoms with E-state index in [-0.39, 0.29) is 5.91 Å². The van der Waals surface area contributed by atoms with Crippen LogP contribution in [0.15, 0.2) is 36.7 Å². The molecule has 0 saturated heterocycles. The van der Waals surface area contributed by atoms with Crippen molar-refractivity contribution < 1.29 is 4.79 Å². The molecular weight excluding hydrogens is 300 g/mol. The van der Waals surface area contributed by atoms with Gasteiger partial charge in [0.05, 0.1) is 0 Å². The van der Waals surface area contributed by atoms with Gasteiger partial charge in [0.15, 0.2) is 0 Å². The molecule has 0 N–H and O–H groups in total. The molecule has 1 amide bonds. The Bertz CT molecular complexity index is 687. The van der Waals surface area contributed by atoms with Crippen molar-refractivity contribution in [1.82, 2.24) is 14.9 Å². The zero-order valence-corrected chi connectivity index (χ0v) is 15.0. The van der Waals surface area contributed by atoms with Gasteiger partial charge in [0.1, 0.15) is 17.8 Å². The summed E-state index contributed by atoms with van der Waals surface area (Å²) >= 11 is 0. The molecule has 0 spiro atoms. The van der Waals surface area contributed by atoms with Gasteiger partial charge in [-0.1, -0.05) is 25.5 Å². The maximum Gasteiger partial charge on any atom is 0.272 e. The predicted octanol–water partition coefficient (Wildman–Crippen LogP) is 3.82. The van der Waals surface area contributed by atoms with E-state index < -0.39 is 0 Å². The van der Waals surface area contributed by atoms with E-state index in [2.05, 4.69) is 47.8 Å². The average Bonchev–Trinajstić information content (AvgIpc) is 2.60. The largest absolute Gasteiger partial charge is 0.340 e. The Morgan fingerprint density at radius 3 is 2.62 bits per heavy atom. The first-order valence-electron chi connectivity index (χ1n) is 8.48. The summed E-state index contributed by atoms with van der Waals surface area (Å²) in [5.41, 5.74) is 2.69. The Balaban J connectivity index is 2.26. The van der Waals surface area contributed by atoms with Gasteiger partial charge in [-0.05, 0) is 38.0 Å². The molecule has 0 aliphatic heterocycles. The van der Waals surface area contributed by atoms with E-state index in [4.69, 9.17) is 0 Å². The fourth-order valence-electron chi connectivity index (χ4n) is 2.58. The molecule has 1 heterocycles. The number of hydrogen-bond acceptors (Lipinski definition) is 4. The lowest BCUT2D eigenvalue weighted by atomic mass is 10.2. The first-order valence-corrected chi connectivity index (χ1v) is 8.48. The van der Waals surface area contributed by atoms with Crippen molar-refractivity contribution in [3.63, 3.8) is 0 Å². The number of amides is 1. The van der Waals surface area contributed by atoms with E-state index in [1.807, 2.05) is 19.2 Å². The molecule has 0 bridgehead atoms. The lowest BCUT2D eigenvalue weighted by Crippen LogP contribution is -2.29. The van der Waals surface area contributed by atoms with Crippen molar-refractivity contribution in [3.8, 4) is 0 Å². The van der Waals surface area contributed by atoms with Crippen LogP contribution >= 0.6 is 0 Å². The number of benzene rings is 1. The number of carbonyl (C=O) groups excluding carboxylic acids is 1. The van der Waals surface area contributed by atoms with Crippen LogP contribution in [0.1, 0.15) is 42.7 Å². The Hall–Kier alpha value is -2.43. The number of anilines is 2. The summed E-state index contributed by atoms with van der Waals surface area (Å²) in [7, 11) is 1.82. The minimum Gasteiger partial charge on any atom is -0.340 e. The standard InChI is InChI=1S/C19H26N4O/c1-5-7-11-22(4)19(24)17-13-18(21-14-20-17)23(6-2)16-10-8-9-15(3)12-16/h8-10,12-14H,5-7,11H2,1-4H3. The smallest absolute Gasteiger partial charge is 0.272 e. The number of aryl methyl sites for hydroxylation is 1. The number of nitrogens with zero attached hydrogens (tertiary/aromatic N) is 4. The van der Waals surface area contributed by atoms with Crippen LogP contribution < -0.4 is 4.90 Å².